The highest BCUT2D eigenvalue weighted by molar-refractivity contribution is 6.29. The second kappa shape index (κ2) is 6.85. The molecule has 2 rings (SSSR count). The van der Waals surface area contributed by atoms with E-state index in [0.29, 0.717) is 11.7 Å². The predicted molar refractivity (Wildman–Crippen MR) is 75.6 cm³/mol. The van der Waals surface area contributed by atoms with Gasteiger partial charge in [0, 0.05) is 25.1 Å². The van der Waals surface area contributed by atoms with Crippen LogP contribution in [0.15, 0.2) is 35.8 Å². The fourth-order valence-electron chi connectivity index (χ4n) is 1.86. The molecule has 2 aromatic rings. The number of hydrogen-bond donors (Lipinski definition) is 1. The van der Waals surface area contributed by atoms with E-state index in [9.17, 15) is 14.9 Å². The molecule has 116 valence electrons. The lowest BCUT2D eigenvalue weighted by molar-refractivity contribution is -0.491. The second-order valence-corrected chi connectivity index (χ2v) is 4.78. The smallest absolute Gasteiger partial charge is 0.305 e. The summed E-state index contributed by atoms with van der Waals surface area (Å²) in [7, 11) is 0. The van der Waals surface area contributed by atoms with Crippen LogP contribution in [0.1, 0.15) is 12.0 Å². The van der Waals surface area contributed by atoms with Gasteiger partial charge in [-0.15, -0.1) is 0 Å². The molecule has 0 bridgehead atoms. The van der Waals surface area contributed by atoms with Crippen LogP contribution >= 0.6 is 11.6 Å². The summed E-state index contributed by atoms with van der Waals surface area (Å²) in [5.74, 6) is -0.991. The van der Waals surface area contributed by atoms with Crippen LogP contribution in [0.2, 0.25) is 5.15 Å². The van der Waals surface area contributed by atoms with Gasteiger partial charge < -0.3 is 14.2 Å². The number of halogens is 1. The molecular formula is C12H12ClN5O4. The van der Waals surface area contributed by atoms with E-state index in [0.717, 1.165) is 5.56 Å². The monoisotopic (exact) mass is 325 g/mol. The van der Waals surface area contributed by atoms with E-state index in [1.54, 1.807) is 30.7 Å². The summed E-state index contributed by atoms with van der Waals surface area (Å²) in [6.45, 7) is 0.394. The van der Waals surface area contributed by atoms with Crippen molar-refractivity contribution in [3.05, 3.63) is 57.2 Å². The molecule has 0 amide bonds. The Bertz CT molecular complexity index is 750. The average molecular weight is 326 g/mol. The first-order chi connectivity index (χ1) is 10.5. The highest BCUT2D eigenvalue weighted by Gasteiger charge is 2.08. The van der Waals surface area contributed by atoms with E-state index >= 15 is 0 Å². The van der Waals surface area contributed by atoms with Crippen LogP contribution < -0.4 is 5.62 Å². The summed E-state index contributed by atoms with van der Waals surface area (Å²) in [6.07, 6.45) is 4.55. The molecular weight excluding hydrogens is 314 g/mol. The Morgan fingerprint density at radius 3 is 2.73 bits per heavy atom. The number of aromatic nitrogens is 3. The summed E-state index contributed by atoms with van der Waals surface area (Å²) >= 11 is 5.70. The Labute approximate surface area is 129 Å². The van der Waals surface area contributed by atoms with E-state index < -0.39 is 11.0 Å². The van der Waals surface area contributed by atoms with Crippen LogP contribution in [0.4, 0.5) is 0 Å². The Morgan fingerprint density at radius 2 is 2.14 bits per heavy atom. The fraction of sp³-hybridized carbons (Fsp3) is 0.250. The maximum atomic E-state index is 10.7. The Balaban J connectivity index is 2.32. The average Bonchev–Trinajstić information content (AvgIpc) is 2.81. The quantitative estimate of drug-likeness (QED) is 0.482. The molecule has 1 N–H and O–H groups in total. The molecule has 0 aliphatic rings. The lowest BCUT2D eigenvalue weighted by Crippen LogP contribution is -2.28. The minimum atomic E-state index is -0.991. The summed E-state index contributed by atoms with van der Waals surface area (Å²) in [6, 6.07) is 3.36. The number of aliphatic carboxylic acids is 1. The number of carboxylic acids is 1. The number of carbonyl (C=O) groups is 1. The van der Waals surface area contributed by atoms with Gasteiger partial charge in [0.05, 0.1) is 13.0 Å². The van der Waals surface area contributed by atoms with Crippen LogP contribution in [0.3, 0.4) is 0 Å². The lowest BCUT2D eigenvalue weighted by atomic mass is 10.3. The highest BCUT2D eigenvalue weighted by Crippen LogP contribution is 2.06. The van der Waals surface area contributed by atoms with Gasteiger partial charge in [0.2, 0.25) is 0 Å². The van der Waals surface area contributed by atoms with Crippen LogP contribution in [-0.2, 0) is 17.9 Å². The van der Waals surface area contributed by atoms with Gasteiger partial charge in [-0.25, -0.2) is 15.1 Å². The van der Waals surface area contributed by atoms with E-state index in [-0.39, 0.29) is 18.6 Å². The molecule has 9 nitrogen and oxygen atoms in total. The zero-order valence-corrected chi connectivity index (χ0v) is 12.0. The van der Waals surface area contributed by atoms with Crippen LogP contribution in [0, 0.1) is 10.1 Å². The van der Waals surface area contributed by atoms with Gasteiger partial charge in [0.15, 0.2) is 5.03 Å². The molecule has 0 saturated carbocycles. The van der Waals surface area contributed by atoms with Crippen molar-refractivity contribution in [3.8, 4) is 0 Å². The number of aryl methyl sites for hydroxylation is 1. The first-order valence-electron chi connectivity index (χ1n) is 6.22. The highest BCUT2D eigenvalue weighted by atomic mass is 35.5. The third-order valence-corrected chi connectivity index (χ3v) is 3.04. The molecule has 0 aromatic carbocycles. The zero-order chi connectivity index (χ0) is 16.1. The van der Waals surface area contributed by atoms with Crippen molar-refractivity contribution in [2.24, 2.45) is 5.10 Å². The number of imidazole rings is 1. The van der Waals surface area contributed by atoms with Crippen molar-refractivity contribution < 1.29 is 14.9 Å². The molecule has 0 saturated heterocycles. The van der Waals surface area contributed by atoms with Crippen molar-refractivity contribution in [2.45, 2.75) is 19.5 Å². The predicted octanol–water partition coefficient (Wildman–Crippen LogP) is 0.953. The van der Waals surface area contributed by atoms with E-state index in [1.807, 2.05) is 0 Å². The van der Waals surface area contributed by atoms with Crippen molar-refractivity contribution >= 4 is 17.6 Å². The first-order valence-corrected chi connectivity index (χ1v) is 6.60. The van der Waals surface area contributed by atoms with Gasteiger partial charge in [0.25, 0.3) is 5.62 Å². The molecule has 0 aliphatic carbocycles. The Hall–Kier alpha value is -2.68. The number of rotatable bonds is 6. The topological polar surface area (TPSA) is 116 Å². The third-order valence-electron chi connectivity index (χ3n) is 2.82. The number of pyridine rings is 1. The molecule has 2 aromatic heterocycles. The SMILES string of the molecule is O=C(O)CCn1ccn(Cc2ccc(Cl)nc2)c1=N[N+](=O)[O-]. The normalized spacial score (nSPS) is 11.6. The standard InChI is InChI=1S/C12H12ClN5O4/c13-10-2-1-9(7-14-10)8-17-6-5-16(4-3-11(19)20)12(17)15-18(21)22/h1-2,5-7H,3-4,8H2,(H,19,20). The molecule has 0 fully saturated rings. The van der Waals surface area contributed by atoms with Crippen molar-refractivity contribution in [3.63, 3.8) is 0 Å². The van der Waals surface area contributed by atoms with Gasteiger partial charge in [-0.05, 0) is 11.6 Å². The van der Waals surface area contributed by atoms with Crippen LogP contribution in [0.25, 0.3) is 0 Å². The van der Waals surface area contributed by atoms with Crippen LogP contribution in [0.5, 0.6) is 0 Å². The maximum Gasteiger partial charge on any atom is 0.305 e. The van der Waals surface area contributed by atoms with Gasteiger partial charge in [-0.2, -0.15) is 0 Å². The molecule has 22 heavy (non-hydrogen) atoms. The van der Waals surface area contributed by atoms with Crippen LogP contribution in [-0.4, -0.2) is 30.2 Å². The first kappa shape index (κ1) is 15.7. The van der Waals surface area contributed by atoms with Crippen molar-refractivity contribution in [2.75, 3.05) is 0 Å². The van der Waals surface area contributed by atoms with Crippen molar-refractivity contribution in [1.29, 1.82) is 0 Å². The van der Waals surface area contributed by atoms with Gasteiger partial charge in [-0.1, -0.05) is 17.7 Å². The summed E-state index contributed by atoms with van der Waals surface area (Å²) < 4.78 is 2.95. The molecule has 0 spiro atoms. The van der Waals surface area contributed by atoms with Crippen molar-refractivity contribution in [1.82, 2.24) is 14.1 Å². The Morgan fingerprint density at radius 1 is 1.41 bits per heavy atom. The van der Waals surface area contributed by atoms with E-state index in [4.69, 9.17) is 16.7 Å². The molecule has 2 heterocycles. The van der Waals surface area contributed by atoms with Gasteiger partial charge in [-0.3, -0.25) is 4.79 Å². The number of nitro groups is 1. The van der Waals surface area contributed by atoms with Gasteiger partial charge in [0.1, 0.15) is 10.3 Å². The third kappa shape index (κ3) is 4.16. The number of nitrogens with zero attached hydrogens (tertiary/aromatic N) is 5. The fourth-order valence-corrected chi connectivity index (χ4v) is 1.97. The summed E-state index contributed by atoms with van der Waals surface area (Å²) in [5, 5.41) is 22.2. The van der Waals surface area contributed by atoms with E-state index in [1.165, 1.54) is 9.13 Å². The minimum Gasteiger partial charge on any atom is -0.481 e. The molecule has 0 unspecified atom stereocenters. The molecule has 0 atom stereocenters. The number of carboxylic acid groups (broad SMARTS) is 1. The van der Waals surface area contributed by atoms with E-state index in [2.05, 4.69) is 10.1 Å². The largest absolute Gasteiger partial charge is 0.481 e. The summed E-state index contributed by atoms with van der Waals surface area (Å²) in [5.41, 5.74) is 0.839. The molecule has 0 aliphatic heterocycles. The molecule has 0 radical (unpaired) electrons. The Kier molecular flexibility index (Phi) is 4.89. The zero-order valence-electron chi connectivity index (χ0n) is 11.3. The molecule has 10 heteroatoms. The number of hydrogen-bond acceptors (Lipinski definition) is 4. The lowest BCUT2D eigenvalue weighted by Gasteiger charge is -2.03. The minimum absolute atomic E-state index is 0.0567. The second-order valence-electron chi connectivity index (χ2n) is 4.39. The summed E-state index contributed by atoms with van der Waals surface area (Å²) in [4.78, 5) is 25.2. The maximum absolute atomic E-state index is 10.7. The van der Waals surface area contributed by atoms with Gasteiger partial charge >= 0.3 is 5.97 Å².